The van der Waals surface area contributed by atoms with E-state index >= 15 is 0 Å². The van der Waals surface area contributed by atoms with Gasteiger partial charge in [0.25, 0.3) is 0 Å². The van der Waals surface area contributed by atoms with Crippen LogP contribution >= 0.6 is 11.3 Å². The third kappa shape index (κ3) is 6.21. The maximum absolute atomic E-state index is 11.7. The highest BCUT2D eigenvalue weighted by molar-refractivity contribution is 7.08. The Labute approximate surface area is 120 Å². The average Bonchev–Trinajstić information content (AvgIpc) is 2.78. The van der Waals surface area contributed by atoms with Crippen molar-refractivity contribution in [1.29, 1.82) is 0 Å². The van der Waals surface area contributed by atoms with Crippen LogP contribution in [0.15, 0.2) is 16.8 Å². The van der Waals surface area contributed by atoms with Crippen molar-refractivity contribution >= 4 is 17.2 Å². The van der Waals surface area contributed by atoms with Crippen LogP contribution in [0.25, 0.3) is 0 Å². The molecular weight excluding hydrogens is 258 g/mol. The minimum Gasteiger partial charge on any atom is -0.384 e. The van der Waals surface area contributed by atoms with E-state index in [2.05, 4.69) is 26.1 Å². The lowest BCUT2D eigenvalue weighted by Gasteiger charge is -2.23. The van der Waals surface area contributed by atoms with Gasteiger partial charge in [-0.15, -0.1) is 0 Å². The van der Waals surface area contributed by atoms with Crippen LogP contribution in [0.1, 0.15) is 52.5 Å². The number of hydrogen-bond donors (Lipinski definition) is 2. The molecule has 1 aromatic heterocycles. The van der Waals surface area contributed by atoms with E-state index in [1.807, 2.05) is 16.8 Å². The minimum absolute atomic E-state index is 0.0137. The molecule has 1 rings (SSSR count). The molecule has 0 fully saturated rings. The van der Waals surface area contributed by atoms with Gasteiger partial charge in [0.1, 0.15) is 5.60 Å². The molecule has 3 nitrogen and oxygen atoms in total. The van der Waals surface area contributed by atoms with Crippen LogP contribution in [0.2, 0.25) is 0 Å². The maximum Gasteiger partial charge on any atom is 0.220 e. The summed E-state index contributed by atoms with van der Waals surface area (Å²) in [7, 11) is 0. The first-order valence-electron chi connectivity index (χ1n) is 6.72. The van der Waals surface area contributed by atoms with E-state index in [0.717, 1.165) is 18.4 Å². The fourth-order valence-electron chi connectivity index (χ4n) is 1.81. The summed E-state index contributed by atoms with van der Waals surface area (Å²) in [4.78, 5) is 11.7. The van der Waals surface area contributed by atoms with Crippen molar-refractivity contribution in [2.45, 2.75) is 52.6 Å². The molecule has 2 N–H and O–H groups in total. The molecule has 19 heavy (non-hydrogen) atoms. The van der Waals surface area contributed by atoms with Gasteiger partial charge < -0.3 is 10.4 Å². The number of nitrogens with one attached hydrogen (secondary N) is 1. The second-order valence-corrected chi connectivity index (χ2v) is 7.26. The fourth-order valence-corrected chi connectivity index (χ4v) is 2.59. The molecule has 0 aliphatic rings. The SMILES string of the molecule is CC(C)(C)CCCC(=O)NCC(C)(O)c1ccsc1. The summed E-state index contributed by atoms with van der Waals surface area (Å²) in [6, 6.07) is 1.89. The quantitative estimate of drug-likeness (QED) is 0.841. The summed E-state index contributed by atoms with van der Waals surface area (Å²) in [6.45, 7) is 8.51. The van der Waals surface area contributed by atoms with Gasteiger partial charge in [0, 0.05) is 6.42 Å². The van der Waals surface area contributed by atoms with Crippen LogP contribution in [0, 0.1) is 5.41 Å². The van der Waals surface area contributed by atoms with Gasteiger partial charge in [0.2, 0.25) is 5.91 Å². The highest BCUT2D eigenvalue weighted by atomic mass is 32.1. The van der Waals surface area contributed by atoms with E-state index in [4.69, 9.17) is 0 Å². The highest BCUT2D eigenvalue weighted by Gasteiger charge is 2.24. The van der Waals surface area contributed by atoms with E-state index in [-0.39, 0.29) is 17.9 Å². The van der Waals surface area contributed by atoms with Crippen LogP contribution in [0.4, 0.5) is 0 Å². The molecule has 0 aromatic carbocycles. The Bertz CT molecular complexity index is 391. The fraction of sp³-hybridized carbons (Fsp3) is 0.667. The van der Waals surface area contributed by atoms with E-state index in [0.29, 0.717) is 6.42 Å². The summed E-state index contributed by atoms with van der Waals surface area (Å²) >= 11 is 1.54. The summed E-state index contributed by atoms with van der Waals surface area (Å²) in [5, 5.41) is 16.9. The Morgan fingerprint density at radius 1 is 1.37 bits per heavy atom. The van der Waals surface area contributed by atoms with Crippen LogP contribution in [0.3, 0.4) is 0 Å². The Morgan fingerprint density at radius 3 is 2.58 bits per heavy atom. The molecule has 1 aromatic rings. The monoisotopic (exact) mass is 283 g/mol. The van der Waals surface area contributed by atoms with Gasteiger partial charge in [-0.05, 0) is 47.6 Å². The molecule has 0 radical (unpaired) electrons. The van der Waals surface area contributed by atoms with Gasteiger partial charge in [-0.25, -0.2) is 0 Å². The molecule has 0 spiro atoms. The minimum atomic E-state index is -0.986. The number of hydrogen-bond acceptors (Lipinski definition) is 3. The zero-order chi connectivity index (χ0) is 14.5. The molecule has 0 aliphatic carbocycles. The first-order chi connectivity index (χ1) is 8.71. The van der Waals surface area contributed by atoms with Crippen molar-refractivity contribution in [1.82, 2.24) is 5.32 Å². The number of aliphatic hydroxyl groups is 1. The van der Waals surface area contributed by atoms with E-state index in [1.54, 1.807) is 18.3 Å². The first-order valence-corrected chi connectivity index (χ1v) is 7.67. The number of rotatable bonds is 6. The summed E-state index contributed by atoms with van der Waals surface area (Å²) in [5.74, 6) is 0.0137. The van der Waals surface area contributed by atoms with E-state index in [1.165, 1.54) is 0 Å². The number of thiophene rings is 1. The molecule has 1 atom stereocenters. The first kappa shape index (κ1) is 16.2. The van der Waals surface area contributed by atoms with E-state index in [9.17, 15) is 9.90 Å². The lowest BCUT2D eigenvalue weighted by Crippen LogP contribution is -2.38. The third-order valence-corrected chi connectivity index (χ3v) is 3.79. The summed E-state index contributed by atoms with van der Waals surface area (Å²) in [5.41, 5.74) is 0.134. The largest absolute Gasteiger partial charge is 0.384 e. The molecule has 1 heterocycles. The zero-order valence-electron chi connectivity index (χ0n) is 12.3. The van der Waals surface area contributed by atoms with Crippen molar-refractivity contribution in [3.8, 4) is 0 Å². The second-order valence-electron chi connectivity index (χ2n) is 6.48. The van der Waals surface area contributed by atoms with Gasteiger partial charge in [-0.2, -0.15) is 11.3 Å². The number of carbonyl (C=O) groups excluding carboxylic acids is 1. The van der Waals surface area contributed by atoms with Gasteiger partial charge >= 0.3 is 0 Å². The topological polar surface area (TPSA) is 49.3 Å². The van der Waals surface area contributed by atoms with Crippen molar-refractivity contribution in [2.75, 3.05) is 6.54 Å². The molecule has 0 saturated heterocycles. The van der Waals surface area contributed by atoms with Crippen molar-refractivity contribution in [3.63, 3.8) is 0 Å². The molecule has 0 saturated carbocycles. The smallest absolute Gasteiger partial charge is 0.220 e. The third-order valence-electron chi connectivity index (χ3n) is 3.10. The Hall–Kier alpha value is -0.870. The van der Waals surface area contributed by atoms with Crippen molar-refractivity contribution < 1.29 is 9.90 Å². The normalized spacial score (nSPS) is 15.0. The molecule has 4 heteroatoms. The highest BCUT2D eigenvalue weighted by Crippen LogP contribution is 2.23. The van der Waals surface area contributed by atoms with Gasteiger partial charge in [-0.1, -0.05) is 20.8 Å². The molecule has 0 aliphatic heterocycles. The van der Waals surface area contributed by atoms with Gasteiger partial charge in [-0.3, -0.25) is 4.79 Å². The van der Waals surface area contributed by atoms with Crippen LogP contribution in [-0.4, -0.2) is 17.6 Å². The molecule has 1 amide bonds. The summed E-state index contributed by atoms with van der Waals surface area (Å²) in [6.07, 6.45) is 2.44. The van der Waals surface area contributed by atoms with Gasteiger partial charge in [0.15, 0.2) is 0 Å². The Balaban J connectivity index is 2.30. The number of carbonyl (C=O) groups is 1. The van der Waals surface area contributed by atoms with E-state index < -0.39 is 5.60 Å². The van der Waals surface area contributed by atoms with Crippen LogP contribution < -0.4 is 5.32 Å². The Kier molecular flexibility index (Phi) is 5.56. The molecule has 1 unspecified atom stereocenters. The lowest BCUT2D eigenvalue weighted by atomic mass is 9.90. The molecular formula is C15H25NO2S. The second kappa shape index (κ2) is 6.53. The number of amides is 1. The molecule has 0 bridgehead atoms. The van der Waals surface area contributed by atoms with Crippen LogP contribution in [0.5, 0.6) is 0 Å². The van der Waals surface area contributed by atoms with Gasteiger partial charge in [0.05, 0.1) is 6.54 Å². The van der Waals surface area contributed by atoms with Crippen molar-refractivity contribution in [2.24, 2.45) is 5.41 Å². The van der Waals surface area contributed by atoms with Crippen molar-refractivity contribution in [3.05, 3.63) is 22.4 Å². The standard InChI is InChI=1S/C15H25NO2S/c1-14(2,3)8-5-6-13(17)16-11-15(4,18)12-7-9-19-10-12/h7,9-10,18H,5-6,8,11H2,1-4H3,(H,16,17). The zero-order valence-corrected chi connectivity index (χ0v) is 13.1. The summed E-state index contributed by atoms with van der Waals surface area (Å²) < 4.78 is 0. The Morgan fingerprint density at radius 2 is 2.05 bits per heavy atom. The average molecular weight is 283 g/mol. The lowest BCUT2D eigenvalue weighted by molar-refractivity contribution is -0.122. The predicted molar refractivity (Wildman–Crippen MR) is 80.2 cm³/mol. The predicted octanol–water partition coefficient (Wildman–Crippen LogP) is 3.29. The maximum atomic E-state index is 11.7. The van der Waals surface area contributed by atoms with Crippen LogP contribution in [-0.2, 0) is 10.4 Å². The molecule has 108 valence electrons.